The van der Waals surface area contributed by atoms with Crippen molar-refractivity contribution in [3.63, 3.8) is 0 Å². The van der Waals surface area contributed by atoms with Crippen LogP contribution in [0.1, 0.15) is 16.2 Å². The van der Waals surface area contributed by atoms with E-state index in [-0.39, 0.29) is 5.91 Å². The molecule has 0 bridgehead atoms. The van der Waals surface area contributed by atoms with Crippen LogP contribution in [0.2, 0.25) is 0 Å². The molecule has 0 radical (unpaired) electrons. The van der Waals surface area contributed by atoms with Crippen LogP contribution in [0.5, 0.6) is 0 Å². The summed E-state index contributed by atoms with van der Waals surface area (Å²) in [6.07, 6.45) is 1.61. The summed E-state index contributed by atoms with van der Waals surface area (Å²) in [5, 5.41) is 12.7. The van der Waals surface area contributed by atoms with E-state index in [1.165, 1.54) is 0 Å². The van der Waals surface area contributed by atoms with E-state index < -0.39 is 0 Å². The van der Waals surface area contributed by atoms with Gasteiger partial charge in [-0.2, -0.15) is 0 Å². The van der Waals surface area contributed by atoms with Gasteiger partial charge in [-0.1, -0.05) is 28.1 Å². The number of rotatable bonds is 3. The number of amides is 1. The van der Waals surface area contributed by atoms with Gasteiger partial charge in [0.15, 0.2) is 5.82 Å². The first-order valence-corrected chi connectivity index (χ1v) is 7.23. The van der Waals surface area contributed by atoms with Crippen LogP contribution in [0.4, 0.5) is 0 Å². The summed E-state index contributed by atoms with van der Waals surface area (Å²) in [5.74, 6) is 0.593. The molecule has 6 heteroatoms. The molecule has 106 valence electrons. The molecule has 0 aliphatic carbocycles. The second kappa shape index (κ2) is 5.65. The van der Waals surface area contributed by atoms with Crippen molar-refractivity contribution in [2.45, 2.75) is 6.54 Å². The average Bonchev–Trinajstić information content (AvgIpc) is 2.89. The molecule has 0 fully saturated rings. The van der Waals surface area contributed by atoms with Gasteiger partial charge < -0.3 is 9.88 Å². The Bertz CT molecular complexity index is 812. The maximum absolute atomic E-state index is 12.2. The van der Waals surface area contributed by atoms with Crippen LogP contribution in [0, 0.1) is 0 Å². The number of benzene rings is 2. The van der Waals surface area contributed by atoms with E-state index in [2.05, 4.69) is 31.4 Å². The Morgan fingerprint density at radius 2 is 2.00 bits per heavy atom. The summed E-state index contributed by atoms with van der Waals surface area (Å²) in [4.78, 5) is 12.2. The minimum Gasteiger partial charge on any atom is -0.345 e. The molecule has 1 N–H and O–H groups in total. The zero-order valence-electron chi connectivity index (χ0n) is 11.4. The second-order valence-electron chi connectivity index (χ2n) is 4.75. The normalized spacial score (nSPS) is 10.8. The molecule has 0 unspecified atom stereocenters. The Morgan fingerprint density at radius 1 is 1.24 bits per heavy atom. The third-order valence-corrected chi connectivity index (χ3v) is 3.77. The lowest BCUT2D eigenvalue weighted by Gasteiger charge is -2.06. The van der Waals surface area contributed by atoms with Crippen LogP contribution in [0.15, 0.2) is 47.2 Å². The van der Waals surface area contributed by atoms with Crippen LogP contribution in [-0.4, -0.2) is 20.7 Å². The molecule has 0 saturated carbocycles. The highest BCUT2D eigenvalue weighted by atomic mass is 79.9. The monoisotopic (exact) mass is 344 g/mol. The maximum Gasteiger partial charge on any atom is 0.251 e. The predicted octanol–water partition coefficient (Wildman–Crippen LogP) is 2.66. The van der Waals surface area contributed by atoms with Crippen LogP contribution in [-0.2, 0) is 13.6 Å². The van der Waals surface area contributed by atoms with Gasteiger partial charge in [-0.05, 0) is 35.0 Å². The van der Waals surface area contributed by atoms with E-state index >= 15 is 0 Å². The average molecular weight is 345 g/mol. The van der Waals surface area contributed by atoms with E-state index in [4.69, 9.17) is 0 Å². The maximum atomic E-state index is 12.2. The van der Waals surface area contributed by atoms with Crippen molar-refractivity contribution in [3.05, 3.63) is 58.6 Å². The Labute approximate surface area is 130 Å². The fourth-order valence-electron chi connectivity index (χ4n) is 2.09. The van der Waals surface area contributed by atoms with E-state index in [1.54, 1.807) is 10.9 Å². The smallest absolute Gasteiger partial charge is 0.251 e. The Hall–Kier alpha value is -2.21. The van der Waals surface area contributed by atoms with Gasteiger partial charge in [-0.3, -0.25) is 4.79 Å². The van der Waals surface area contributed by atoms with Crippen LogP contribution in [0.3, 0.4) is 0 Å². The quantitative estimate of drug-likeness (QED) is 0.794. The summed E-state index contributed by atoms with van der Waals surface area (Å²) in [7, 11) is 1.84. The number of fused-ring (bicyclic) bond motifs is 1. The molecule has 1 amide bonds. The van der Waals surface area contributed by atoms with E-state index in [9.17, 15) is 4.79 Å². The summed E-state index contributed by atoms with van der Waals surface area (Å²) >= 11 is 3.44. The Kier molecular flexibility index (Phi) is 3.70. The number of aromatic nitrogens is 3. The Balaban J connectivity index is 1.78. The van der Waals surface area contributed by atoms with Crippen molar-refractivity contribution < 1.29 is 4.79 Å². The fourth-order valence-corrected chi connectivity index (χ4v) is 2.47. The van der Waals surface area contributed by atoms with Gasteiger partial charge in [0.25, 0.3) is 5.91 Å². The molecule has 0 aliphatic heterocycles. The van der Waals surface area contributed by atoms with Gasteiger partial charge >= 0.3 is 0 Å². The third kappa shape index (κ3) is 2.95. The van der Waals surface area contributed by atoms with Crippen molar-refractivity contribution in [1.29, 1.82) is 0 Å². The van der Waals surface area contributed by atoms with Gasteiger partial charge in [0.05, 0.1) is 6.54 Å². The molecule has 3 aromatic rings. The number of carbonyl (C=O) groups excluding carboxylic acids is 1. The lowest BCUT2D eigenvalue weighted by Crippen LogP contribution is -2.24. The van der Waals surface area contributed by atoms with Gasteiger partial charge in [-0.15, -0.1) is 10.2 Å². The van der Waals surface area contributed by atoms with Gasteiger partial charge in [-0.25, -0.2) is 0 Å². The van der Waals surface area contributed by atoms with Gasteiger partial charge in [0.2, 0.25) is 0 Å². The highest BCUT2D eigenvalue weighted by Crippen LogP contribution is 2.21. The number of carbonyl (C=O) groups is 1. The molecule has 0 atom stereocenters. The van der Waals surface area contributed by atoms with Crippen molar-refractivity contribution >= 4 is 32.6 Å². The van der Waals surface area contributed by atoms with E-state index in [0.29, 0.717) is 17.9 Å². The lowest BCUT2D eigenvalue weighted by atomic mass is 10.1. The topological polar surface area (TPSA) is 59.8 Å². The molecule has 1 aromatic heterocycles. The zero-order chi connectivity index (χ0) is 14.8. The Morgan fingerprint density at radius 3 is 2.76 bits per heavy atom. The second-order valence-corrected chi connectivity index (χ2v) is 5.66. The summed E-state index contributed by atoms with van der Waals surface area (Å²) in [5.41, 5.74) is 0.631. The van der Waals surface area contributed by atoms with E-state index in [1.807, 2.05) is 43.4 Å². The number of hydrogen-bond acceptors (Lipinski definition) is 3. The molecule has 1 heterocycles. The standard InChI is InChI=1S/C15H13BrN4O/c1-20-9-18-19-14(20)8-17-15(21)12-3-2-11-7-13(16)5-4-10(11)6-12/h2-7,9H,8H2,1H3,(H,17,21). The number of aryl methyl sites for hydroxylation is 1. The SMILES string of the molecule is Cn1cnnc1CNC(=O)c1ccc2cc(Br)ccc2c1. The van der Waals surface area contributed by atoms with Crippen molar-refractivity contribution in [2.24, 2.45) is 7.05 Å². The summed E-state index contributed by atoms with van der Waals surface area (Å²) in [6, 6.07) is 11.6. The minimum atomic E-state index is -0.122. The number of halogens is 1. The van der Waals surface area contributed by atoms with Crippen molar-refractivity contribution in [3.8, 4) is 0 Å². The van der Waals surface area contributed by atoms with Crippen molar-refractivity contribution in [2.75, 3.05) is 0 Å². The number of hydrogen-bond donors (Lipinski definition) is 1. The first kappa shape index (κ1) is 13.8. The molecular formula is C15H13BrN4O. The van der Waals surface area contributed by atoms with Crippen LogP contribution >= 0.6 is 15.9 Å². The number of nitrogens with zero attached hydrogens (tertiary/aromatic N) is 3. The molecule has 21 heavy (non-hydrogen) atoms. The van der Waals surface area contributed by atoms with E-state index in [0.717, 1.165) is 15.2 Å². The highest BCUT2D eigenvalue weighted by Gasteiger charge is 2.08. The fraction of sp³-hybridized carbons (Fsp3) is 0.133. The van der Waals surface area contributed by atoms with Gasteiger partial charge in [0.1, 0.15) is 6.33 Å². The molecule has 0 aliphatic rings. The first-order valence-electron chi connectivity index (χ1n) is 6.44. The van der Waals surface area contributed by atoms with Crippen molar-refractivity contribution in [1.82, 2.24) is 20.1 Å². The van der Waals surface area contributed by atoms with Crippen LogP contribution in [0.25, 0.3) is 10.8 Å². The van der Waals surface area contributed by atoms with Crippen LogP contribution < -0.4 is 5.32 Å². The lowest BCUT2D eigenvalue weighted by molar-refractivity contribution is 0.0949. The molecule has 3 rings (SSSR count). The summed E-state index contributed by atoms with van der Waals surface area (Å²) in [6.45, 7) is 0.355. The van der Waals surface area contributed by atoms with Gasteiger partial charge in [0, 0.05) is 17.1 Å². The molecular weight excluding hydrogens is 332 g/mol. The third-order valence-electron chi connectivity index (χ3n) is 3.28. The largest absolute Gasteiger partial charge is 0.345 e. The first-order chi connectivity index (χ1) is 10.1. The number of nitrogens with one attached hydrogen (secondary N) is 1. The zero-order valence-corrected chi connectivity index (χ0v) is 13.0. The summed E-state index contributed by atoms with van der Waals surface area (Å²) < 4.78 is 2.80. The highest BCUT2D eigenvalue weighted by molar-refractivity contribution is 9.10. The minimum absolute atomic E-state index is 0.122. The predicted molar refractivity (Wildman–Crippen MR) is 83.8 cm³/mol. The molecule has 0 saturated heterocycles. The molecule has 2 aromatic carbocycles. The molecule has 5 nitrogen and oxygen atoms in total. The molecule has 0 spiro atoms.